The Kier molecular flexibility index (Phi) is 2.89. The van der Waals surface area contributed by atoms with Crippen molar-refractivity contribution < 1.29 is 4.74 Å². The number of halogens is 1. The fraction of sp³-hybridized carbons (Fsp3) is 0.538. The van der Waals surface area contributed by atoms with Crippen molar-refractivity contribution in [2.45, 2.75) is 19.4 Å². The van der Waals surface area contributed by atoms with E-state index in [1.54, 1.807) is 0 Å². The van der Waals surface area contributed by atoms with Gasteiger partial charge in [-0.2, -0.15) is 0 Å². The molecule has 3 rings (SSSR count). The molecule has 2 aliphatic heterocycles. The highest BCUT2D eigenvalue weighted by molar-refractivity contribution is 6.31. The first-order valence-corrected chi connectivity index (χ1v) is 6.56. The molecule has 3 nitrogen and oxygen atoms in total. The van der Waals surface area contributed by atoms with Gasteiger partial charge in [0, 0.05) is 43.2 Å². The predicted octanol–water partition coefficient (Wildman–Crippen LogP) is 2.07. The monoisotopic (exact) mass is 252 g/mol. The Morgan fingerprint density at radius 2 is 2.12 bits per heavy atom. The summed E-state index contributed by atoms with van der Waals surface area (Å²) in [5.74, 6) is 1.05. The van der Waals surface area contributed by atoms with Crippen molar-refractivity contribution in [3.63, 3.8) is 0 Å². The third-order valence-electron chi connectivity index (χ3n) is 3.40. The summed E-state index contributed by atoms with van der Waals surface area (Å²) in [6.07, 6.45) is 1.24. The van der Waals surface area contributed by atoms with E-state index in [0.29, 0.717) is 0 Å². The number of fused-ring (bicyclic) bond motifs is 1. The van der Waals surface area contributed by atoms with E-state index >= 15 is 0 Å². The van der Waals surface area contributed by atoms with E-state index in [1.807, 2.05) is 12.1 Å². The highest BCUT2D eigenvalue weighted by atomic mass is 35.5. The average molecular weight is 253 g/mol. The summed E-state index contributed by atoms with van der Waals surface area (Å²) in [5, 5.41) is 4.17. The third kappa shape index (κ3) is 2.09. The van der Waals surface area contributed by atoms with E-state index in [0.717, 1.165) is 43.4 Å². The van der Waals surface area contributed by atoms with E-state index in [-0.39, 0.29) is 6.10 Å². The summed E-state index contributed by atoms with van der Waals surface area (Å²) in [7, 11) is 0. The number of benzene rings is 1. The Morgan fingerprint density at radius 3 is 2.88 bits per heavy atom. The fourth-order valence-corrected chi connectivity index (χ4v) is 2.85. The normalized spacial score (nSPS) is 23.4. The Morgan fingerprint density at radius 1 is 1.35 bits per heavy atom. The summed E-state index contributed by atoms with van der Waals surface area (Å²) in [4.78, 5) is 2.36. The molecule has 1 saturated heterocycles. The van der Waals surface area contributed by atoms with Crippen LogP contribution in [0.25, 0.3) is 0 Å². The molecule has 1 aromatic rings. The highest BCUT2D eigenvalue weighted by Gasteiger charge is 2.26. The molecular weight excluding hydrogens is 236 g/mol. The summed E-state index contributed by atoms with van der Waals surface area (Å²) in [6.45, 7) is 6.19. The molecule has 17 heavy (non-hydrogen) atoms. The molecule has 1 aromatic carbocycles. The number of piperazine rings is 1. The molecular formula is C13H17ClN2O. The van der Waals surface area contributed by atoms with Gasteiger partial charge >= 0.3 is 0 Å². The molecule has 1 fully saturated rings. The van der Waals surface area contributed by atoms with Crippen molar-refractivity contribution in [1.29, 1.82) is 0 Å². The molecule has 0 spiro atoms. The quantitative estimate of drug-likeness (QED) is 0.828. The lowest BCUT2D eigenvalue weighted by atomic mass is 10.1. The van der Waals surface area contributed by atoms with Gasteiger partial charge in [-0.1, -0.05) is 11.6 Å². The number of nitrogens with zero attached hydrogens (tertiary/aromatic N) is 1. The van der Waals surface area contributed by atoms with Crippen molar-refractivity contribution in [1.82, 2.24) is 5.32 Å². The summed E-state index contributed by atoms with van der Waals surface area (Å²) >= 11 is 6.20. The first-order valence-electron chi connectivity index (χ1n) is 6.19. The third-order valence-corrected chi connectivity index (χ3v) is 3.61. The van der Waals surface area contributed by atoms with Crippen molar-refractivity contribution >= 4 is 17.3 Å². The maximum absolute atomic E-state index is 6.20. The van der Waals surface area contributed by atoms with Gasteiger partial charge in [0.1, 0.15) is 11.9 Å². The van der Waals surface area contributed by atoms with Gasteiger partial charge in [-0.25, -0.2) is 0 Å². The molecule has 2 aliphatic rings. The number of ether oxygens (including phenoxy) is 1. The lowest BCUT2D eigenvalue weighted by Gasteiger charge is -2.30. The molecule has 0 unspecified atom stereocenters. The van der Waals surface area contributed by atoms with Crippen molar-refractivity contribution in [3.05, 3.63) is 22.7 Å². The van der Waals surface area contributed by atoms with Crippen LogP contribution in [0.3, 0.4) is 0 Å². The molecule has 0 amide bonds. The number of anilines is 1. The zero-order valence-corrected chi connectivity index (χ0v) is 10.8. The maximum atomic E-state index is 6.20. The van der Waals surface area contributed by atoms with Crippen LogP contribution >= 0.6 is 11.6 Å². The number of rotatable bonds is 1. The lowest BCUT2D eigenvalue weighted by Crippen LogP contribution is -2.43. The van der Waals surface area contributed by atoms with Gasteiger partial charge < -0.3 is 15.0 Å². The molecule has 92 valence electrons. The van der Waals surface area contributed by atoms with E-state index in [4.69, 9.17) is 16.3 Å². The van der Waals surface area contributed by atoms with Crippen LogP contribution < -0.4 is 15.0 Å². The summed E-state index contributed by atoms with van der Waals surface area (Å²) in [6, 6.07) is 4.07. The van der Waals surface area contributed by atoms with Gasteiger partial charge in [0.25, 0.3) is 0 Å². The van der Waals surface area contributed by atoms with Gasteiger partial charge in [0.2, 0.25) is 0 Å². The summed E-state index contributed by atoms with van der Waals surface area (Å²) in [5.41, 5.74) is 2.41. The minimum Gasteiger partial charge on any atom is -0.488 e. The molecule has 0 saturated carbocycles. The second-order valence-corrected chi connectivity index (χ2v) is 5.22. The van der Waals surface area contributed by atoms with Gasteiger partial charge in [-0.3, -0.25) is 0 Å². The first kappa shape index (κ1) is 11.2. The number of hydrogen-bond donors (Lipinski definition) is 1. The zero-order valence-electron chi connectivity index (χ0n) is 10.0. The van der Waals surface area contributed by atoms with E-state index in [1.165, 1.54) is 11.3 Å². The van der Waals surface area contributed by atoms with E-state index in [2.05, 4.69) is 17.1 Å². The Labute approximate surface area is 107 Å². The Balaban J connectivity index is 1.98. The molecule has 0 aliphatic carbocycles. The minimum atomic E-state index is 0.269. The van der Waals surface area contributed by atoms with E-state index < -0.39 is 0 Å². The van der Waals surface area contributed by atoms with Crippen LogP contribution in [0.2, 0.25) is 5.02 Å². The van der Waals surface area contributed by atoms with Crippen LogP contribution in [0.4, 0.5) is 5.69 Å². The minimum absolute atomic E-state index is 0.269. The van der Waals surface area contributed by atoms with Crippen LogP contribution in [0.5, 0.6) is 5.75 Å². The van der Waals surface area contributed by atoms with Gasteiger partial charge in [0.15, 0.2) is 0 Å². The van der Waals surface area contributed by atoms with Crippen molar-refractivity contribution in [2.75, 3.05) is 31.1 Å². The topological polar surface area (TPSA) is 24.5 Å². The second-order valence-electron chi connectivity index (χ2n) is 4.78. The van der Waals surface area contributed by atoms with E-state index in [9.17, 15) is 0 Å². The Bertz CT molecular complexity index is 430. The fourth-order valence-electron chi connectivity index (χ4n) is 2.62. The van der Waals surface area contributed by atoms with Crippen molar-refractivity contribution in [3.8, 4) is 5.75 Å². The molecule has 2 heterocycles. The van der Waals surface area contributed by atoms with Crippen molar-refractivity contribution in [2.24, 2.45) is 0 Å². The smallest absolute Gasteiger partial charge is 0.146 e. The van der Waals surface area contributed by atoms with Crippen LogP contribution in [0.1, 0.15) is 12.5 Å². The molecule has 1 N–H and O–H groups in total. The standard InChI is InChI=1S/C13H17ClN2O/c1-9-6-10-7-11(14)8-12(13(10)17-9)16-4-2-15-3-5-16/h7-9,15H,2-6H2,1H3/t9-/m0/s1. The predicted molar refractivity (Wildman–Crippen MR) is 70.3 cm³/mol. The number of hydrogen-bond acceptors (Lipinski definition) is 3. The van der Waals surface area contributed by atoms with Gasteiger partial charge in [-0.15, -0.1) is 0 Å². The van der Waals surface area contributed by atoms with Crippen LogP contribution in [-0.4, -0.2) is 32.3 Å². The SMILES string of the molecule is C[C@H]1Cc2cc(Cl)cc(N3CCNCC3)c2O1. The lowest BCUT2D eigenvalue weighted by molar-refractivity contribution is 0.255. The molecule has 4 heteroatoms. The molecule has 0 aromatic heterocycles. The molecule has 1 atom stereocenters. The maximum Gasteiger partial charge on any atom is 0.146 e. The van der Waals surface area contributed by atoms with Gasteiger partial charge in [0.05, 0.1) is 5.69 Å². The second kappa shape index (κ2) is 4.39. The van der Waals surface area contributed by atoms with Crippen LogP contribution in [0.15, 0.2) is 12.1 Å². The number of nitrogens with one attached hydrogen (secondary N) is 1. The van der Waals surface area contributed by atoms with Gasteiger partial charge in [-0.05, 0) is 19.1 Å². The van der Waals surface area contributed by atoms with Crippen LogP contribution in [-0.2, 0) is 6.42 Å². The largest absolute Gasteiger partial charge is 0.488 e. The average Bonchev–Trinajstić information content (AvgIpc) is 2.69. The molecule has 0 radical (unpaired) electrons. The molecule has 0 bridgehead atoms. The highest BCUT2D eigenvalue weighted by Crippen LogP contribution is 2.40. The summed E-state index contributed by atoms with van der Waals surface area (Å²) < 4.78 is 5.93. The Hall–Kier alpha value is -0.930. The van der Waals surface area contributed by atoms with Crippen LogP contribution in [0, 0.1) is 0 Å². The zero-order chi connectivity index (χ0) is 11.8. The first-order chi connectivity index (χ1) is 8.24.